The molecule has 0 aliphatic heterocycles. The molecule has 0 aromatic carbocycles. The van der Waals surface area contributed by atoms with Gasteiger partial charge in [0.15, 0.2) is 0 Å². The summed E-state index contributed by atoms with van der Waals surface area (Å²) < 4.78 is 36.9. The van der Waals surface area contributed by atoms with Crippen LogP contribution in [-0.2, 0) is 6.44 Å². The Kier molecular flexibility index (Phi) is 7.76. The first-order valence-corrected chi connectivity index (χ1v) is 5.40. The summed E-state index contributed by atoms with van der Waals surface area (Å²) in [6, 6.07) is 1.18. The molecular weight excluding hydrogens is 273 g/mol. The van der Waals surface area contributed by atoms with Crippen LogP contribution in [0.1, 0.15) is 13.8 Å². The molecule has 0 saturated carbocycles. The Bertz CT molecular complexity index is 434. The second kappa shape index (κ2) is 7.69. The van der Waals surface area contributed by atoms with E-state index in [1.54, 1.807) is 0 Å². The van der Waals surface area contributed by atoms with E-state index in [4.69, 9.17) is 0 Å². The van der Waals surface area contributed by atoms with Gasteiger partial charge in [0.05, 0.1) is 11.9 Å². The van der Waals surface area contributed by atoms with Gasteiger partial charge in [0.25, 0.3) is 5.56 Å². The number of anilines is 1. The molecule has 0 bridgehead atoms. The fourth-order valence-electron chi connectivity index (χ4n) is 1.52. The third kappa shape index (κ3) is 5.43. The van der Waals surface area contributed by atoms with Crippen LogP contribution in [-0.4, -0.2) is 29.8 Å². The van der Waals surface area contributed by atoms with Crippen molar-refractivity contribution in [3.05, 3.63) is 22.6 Å². The Morgan fingerprint density at radius 1 is 1.33 bits per heavy atom. The molecule has 0 amide bonds. The normalized spacial score (nSPS) is 10.9. The summed E-state index contributed by atoms with van der Waals surface area (Å²) in [4.78, 5) is 13.3. The average molecular weight is 287 g/mol. The monoisotopic (exact) mass is 287 g/mol. The largest absolute Gasteiger partial charge is 1.00 e. The van der Waals surface area contributed by atoms with Crippen molar-refractivity contribution in [1.29, 1.82) is 0 Å². The molecule has 0 radical (unpaired) electrons. The molecular formula is C9H14BF3KN3O. The third-order valence-corrected chi connectivity index (χ3v) is 2.36. The minimum Gasteiger partial charge on any atom is -0.448 e. The Morgan fingerprint density at radius 2 is 1.89 bits per heavy atom. The van der Waals surface area contributed by atoms with Crippen LogP contribution in [0.25, 0.3) is 0 Å². The van der Waals surface area contributed by atoms with Gasteiger partial charge in [-0.25, -0.2) is 0 Å². The molecule has 96 valence electrons. The quantitative estimate of drug-likeness (QED) is 0.617. The van der Waals surface area contributed by atoms with Gasteiger partial charge < -0.3 is 17.8 Å². The zero-order valence-electron chi connectivity index (χ0n) is 10.7. The van der Waals surface area contributed by atoms with E-state index in [1.807, 2.05) is 18.7 Å². The third-order valence-electron chi connectivity index (χ3n) is 2.36. The molecule has 0 aliphatic rings. The van der Waals surface area contributed by atoms with Gasteiger partial charge >= 0.3 is 58.4 Å². The summed E-state index contributed by atoms with van der Waals surface area (Å²) in [6.45, 7) is 0.0843. The fourth-order valence-corrected chi connectivity index (χ4v) is 1.52. The molecule has 18 heavy (non-hydrogen) atoms. The van der Waals surface area contributed by atoms with Crippen molar-refractivity contribution in [2.45, 2.75) is 20.3 Å². The maximum absolute atomic E-state index is 12.2. The summed E-state index contributed by atoms with van der Waals surface area (Å²) in [5.74, 6) is 0. The molecule has 4 nitrogen and oxygen atoms in total. The minimum absolute atomic E-state index is 0. The van der Waals surface area contributed by atoms with Gasteiger partial charge in [0, 0.05) is 25.6 Å². The number of hydrogen-bond acceptors (Lipinski definition) is 3. The van der Waals surface area contributed by atoms with E-state index in [0.717, 1.165) is 0 Å². The molecule has 1 aromatic rings. The second-order valence-corrected chi connectivity index (χ2v) is 3.62. The van der Waals surface area contributed by atoms with E-state index in [-0.39, 0.29) is 51.4 Å². The van der Waals surface area contributed by atoms with E-state index < -0.39 is 19.0 Å². The van der Waals surface area contributed by atoms with Gasteiger partial charge in [-0.3, -0.25) is 9.48 Å². The van der Waals surface area contributed by atoms with E-state index in [0.29, 0.717) is 23.5 Å². The van der Waals surface area contributed by atoms with E-state index in [9.17, 15) is 17.7 Å². The molecule has 0 unspecified atom stereocenters. The van der Waals surface area contributed by atoms with Gasteiger partial charge in [-0.1, -0.05) is 0 Å². The Morgan fingerprint density at radius 3 is 2.28 bits per heavy atom. The van der Waals surface area contributed by atoms with Gasteiger partial charge in [-0.15, -0.1) is 0 Å². The topological polar surface area (TPSA) is 38.1 Å². The van der Waals surface area contributed by atoms with Crippen molar-refractivity contribution < 1.29 is 64.3 Å². The van der Waals surface area contributed by atoms with Crippen LogP contribution < -0.4 is 61.8 Å². The Balaban J connectivity index is 0.00000289. The standard InChI is InChI=1S/C9H14BF3N3O.K/c1-3-15(4-2)8-5-9(17)16(14-6-8)7-10(11,12)13;/h5-6H,3-4,7H2,1-2H3;/q-1;+1. The van der Waals surface area contributed by atoms with Gasteiger partial charge in [-0.05, 0) is 13.8 Å². The number of nitrogens with zero attached hydrogens (tertiary/aromatic N) is 3. The van der Waals surface area contributed by atoms with Crippen LogP contribution in [0.15, 0.2) is 17.1 Å². The van der Waals surface area contributed by atoms with Crippen LogP contribution in [0.5, 0.6) is 0 Å². The van der Waals surface area contributed by atoms with Gasteiger partial charge in [0.1, 0.15) is 0 Å². The smallest absolute Gasteiger partial charge is 0.448 e. The van der Waals surface area contributed by atoms with Crippen LogP contribution in [0.4, 0.5) is 18.6 Å². The summed E-state index contributed by atoms with van der Waals surface area (Å²) in [6.07, 6.45) is -0.00637. The predicted molar refractivity (Wildman–Crippen MR) is 61.1 cm³/mol. The maximum atomic E-state index is 12.2. The molecule has 0 atom stereocenters. The SMILES string of the molecule is CCN(CC)c1cnn(C[B-](F)(F)F)c(=O)c1.[K+]. The number of halogens is 3. The molecule has 0 aliphatic carbocycles. The van der Waals surface area contributed by atoms with Gasteiger partial charge in [-0.2, -0.15) is 5.10 Å². The number of rotatable bonds is 5. The zero-order chi connectivity index (χ0) is 13.1. The Hall–Kier alpha value is 0.171. The molecule has 0 spiro atoms. The van der Waals surface area contributed by atoms with E-state index >= 15 is 0 Å². The van der Waals surface area contributed by atoms with Crippen molar-refractivity contribution in [1.82, 2.24) is 9.78 Å². The summed E-state index contributed by atoms with van der Waals surface area (Å²) in [5, 5.41) is 3.54. The van der Waals surface area contributed by atoms with Crippen LogP contribution in [0, 0.1) is 0 Å². The zero-order valence-corrected chi connectivity index (χ0v) is 13.9. The first-order valence-electron chi connectivity index (χ1n) is 5.40. The molecule has 0 N–H and O–H groups in total. The summed E-state index contributed by atoms with van der Waals surface area (Å²) in [7, 11) is 0. The molecule has 1 rings (SSSR count). The van der Waals surface area contributed by atoms with Crippen molar-refractivity contribution in [2.75, 3.05) is 18.0 Å². The first-order chi connectivity index (χ1) is 7.87. The van der Waals surface area contributed by atoms with Crippen LogP contribution >= 0.6 is 0 Å². The molecule has 9 heteroatoms. The van der Waals surface area contributed by atoms with Crippen molar-refractivity contribution in [2.24, 2.45) is 0 Å². The fraction of sp³-hybridized carbons (Fsp3) is 0.556. The van der Waals surface area contributed by atoms with Crippen LogP contribution in [0.3, 0.4) is 0 Å². The number of hydrogen-bond donors (Lipinski definition) is 0. The van der Waals surface area contributed by atoms with E-state index in [2.05, 4.69) is 5.10 Å². The van der Waals surface area contributed by atoms with Crippen molar-refractivity contribution in [3.63, 3.8) is 0 Å². The summed E-state index contributed by atoms with van der Waals surface area (Å²) >= 11 is 0. The molecule has 1 aromatic heterocycles. The maximum Gasteiger partial charge on any atom is 1.00 e. The molecule has 0 fully saturated rings. The summed E-state index contributed by atoms with van der Waals surface area (Å²) in [5.41, 5.74) is -0.181. The molecule has 1 heterocycles. The van der Waals surface area contributed by atoms with Crippen LogP contribution in [0.2, 0.25) is 0 Å². The van der Waals surface area contributed by atoms with E-state index in [1.165, 1.54) is 12.3 Å². The van der Waals surface area contributed by atoms with Crippen molar-refractivity contribution in [3.8, 4) is 0 Å². The second-order valence-electron chi connectivity index (χ2n) is 3.62. The minimum atomic E-state index is -5.05. The predicted octanol–water partition coefficient (Wildman–Crippen LogP) is -1.52. The molecule has 0 saturated heterocycles. The first kappa shape index (κ1) is 18.2. The van der Waals surface area contributed by atoms with Crippen molar-refractivity contribution >= 4 is 12.7 Å². The van der Waals surface area contributed by atoms with Gasteiger partial charge in [0.2, 0.25) is 0 Å². The number of aromatic nitrogens is 2. The Labute approximate surface area is 146 Å². The average Bonchev–Trinajstić information content (AvgIpc) is 2.22.